The molecule has 4 rings (SSSR count). The van der Waals surface area contributed by atoms with Crippen molar-refractivity contribution in [2.75, 3.05) is 0 Å². The Balaban J connectivity index is 1.68. The van der Waals surface area contributed by atoms with Gasteiger partial charge in [0.05, 0.1) is 24.5 Å². The first-order valence-electron chi connectivity index (χ1n) is 8.15. The third kappa shape index (κ3) is 3.22. The van der Waals surface area contributed by atoms with E-state index in [-0.39, 0.29) is 23.3 Å². The maximum absolute atomic E-state index is 13.1. The second-order valence-electron chi connectivity index (χ2n) is 6.04. The van der Waals surface area contributed by atoms with E-state index in [2.05, 4.69) is 10.1 Å². The van der Waals surface area contributed by atoms with Crippen LogP contribution < -0.4 is 5.56 Å². The predicted molar refractivity (Wildman–Crippen MR) is 94.4 cm³/mol. The van der Waals surface area contributed by atoms with Gasteiger partial charge in [0.1, 0.15) is 23.3 Å². The summed E-state index contributed by atoms with van der Waals surface area (Å²) >= 11 is 0. The number of nitrogens with zero attached hydrogens (tertiary/aromatic N) is 4. The topological polar surface area (TPSA) is 72.9 Å². The zero-order chi connectivity index (χ0) is 19.0. The lowest BCUT2D eigenvalue weighted by Crippen LogP contribution is -2.23. The fourth-order valence-corrected chi connectivity index (χ4v) is 2.83. The highest BCUT2D eigenvalue weighted by Crippen LogP contribution is 2.17. The standard InChI is InChI=1S/C19H14F2N4O2/c20-13-3-1-12(2-4-13)17(26)10-24-11-22-18-16(19(24)27)9-23-25(18)15-7-5-14(21)6-8-15/h1-9,11,17,26H,10H2/t17-/m1/s1. The zero-order valence-corrected chi connectivity index (χ0v) is 14.0. The molecule has 27 heavy (non-hydrogen) atoms. The predicted octanol–water partition coefficient (Wildman–Crippen LogP) is 2.59. The highest BCUT2D eigenvalue weighted by Gasteiger charge is 2.14. The van der Waals surface area contributed by atoms with Gasteiger partial charge in [0, 0.05) is 0 Å². The quantitative estimate of drug-likeness (QED) is 0.601. The van der Waals surface area contributed by atoms with Gasteiger partial charge in [-0.15, -0.1) is 0 Å². The fraction of sp³-hybridized carbons (Fsp3) is 0.105. The number of aliphatic hydroxyl groups excluding tert-OH is 1. The van der Waals surface area contributed by atoms with Crippen LogP contribution in [0.4, 0.5) is 8.78 Å². The molecule has 2 heterocycles. The summed E-state index contributed by atoms with van der Waals surface area (Å²) in [6.07, 6.45) is 1.71. The van der Waals surface area contributed by atoms with Crippen molar-refractivity contribution in [3.63, 3.8) is 0 Å². The molecule has 0 fully saturated rings. The number of hydrogen-bond acceptors (Lipinski definition) is 4. The smallest absolute Gasteiger partial charge is 0.264 e. The first kappa shape index (κ1) is 17.0. The number of fused-ring (bicyclic) bond motifs is 1. The SMILES string of the molecule is O=c1c2cnn(-c3ccc(F)cc3)c2ncn1C[C@@H](O)c1ccc(F)cc1. The summed E-state index contributed by atoms with van der Waals surface area (Å²) in [5.41, 5.74) is 1.03. The minimum Gasteiger partial charge on any atom is -0.387 e. The van der Waals surface area contributed by atoms with Gasteiger partial charge in [-0.1, -0.05) is 12.1 Å². The van der Waals surface area contributed by atoms with E-state index in [0.29, 0.717) is 16.9 Å². The molecular weight excluding hydrogens is 354 g/mol. The lowest BCUT2D eigenvalue weighted by Gasteiger charge is -2.13. The van der Waals surface area contributed by atoms with Crippen molar-refractivity contribution in [1.82, 2.24) is 19.3 Å². The van der Waals surface area contributed by atoms with Crippen molar-refractivity contribution >= 4 is 11.0 Å². The molecule has 0 bridgehead atoms. The number of halogens is 2. The van der Waals surface area contributed by atoms with E-state index in [1.807, 2.05) is 0 Å². The van der Waals surface area contributed by atoms with E-state index in [4.69, 9.17) is 0 Å². The Morgan fingerprint density at radius 3 is 2.30 bits per heavy atom. The normalized spacial score (nSPS) is 12.4. The molecule has 0 unspecified atom stereocenters. The van der Waals surface area contributed by atoms with Gasteiger partial charge in [-0.25, -0.2) is 18.4 Å². The van der Waals surface area contributed by atoms with E-state index in [9.17, 15) is 18.7 Å². The molecule has 6 nitrogen and oxygen atoms in total. The number of hydrogen-bond donors (Lipinski definition) is 1. The van der Waals surface area contributed by atoms with Gasteiger partial charge in [-0.2, -0.15) is 5.10 Å². The molecule has 2 aromatic carbocycles. The van der Waals surface area contributed by atoms with Gasteiger partial charge in [0.2, 0.25) is 0 Å². The van der Waals surface area contributed by atoms with Crippen LogP contribution in [-0.4, -0.2) is 24.4 Å². The van der Waals surface area contributed by atoms with Crippen LogP contribution >= 0.6 is 0 Å². The van der Waals surface area contributed by atoms with Gasteiger partial charge in [-0.3, -0.25) is 9.36 Å². The minimum absolute atomic E-state index is 0.0326. The third-order valence-electron chi connectivity index (χ3n) is 4.25. The Morgan fingerprint density at radius 2 is 1.63 bits per heavy atom. The zero-order valence-electron chi connectivity index (χ0n) is 14.0. The molecule has 8 heteroatoms. The third-order valence-corrected chi connectivity index (χ3v) is 4.25. The maximum Gasteiger partial charge on any atom is 0.264 e. The van der Waals surface area contributed by atoms with Crippen molar-refractivity contribution in [3.05, 3.63) is 88.6 Å². The first-order valence-corrected chi connectivity index (χ1v) is 8.15. The van der Waals surface area contributed by atoms with Crippen molar-refractivity contribution in [2.24, 2.45) is 0 Å². The van der Waals surface area contributed by atoms with E-state index in [1.54, 1.807) is 0 Å². The van der Waals surface area contributed by atoms with Crippen LogP contribution in [0.1, 0.15) is 11.7 Å². The van der Waals surface area contributed by atoms with Crippen LogP contribution in [0, 0.1) is 11.6 Å². The molecule has 1 N–H and O–H groups in total. The summed E-state index contributed by atoms with van der Waals surface area (Å²) in [4.78, 5) is 16.9. The summed E-state index contributed by atoms with van der Waals surface area (Å²) in [6.45, 7) is -0.0326. The van der Waals surface area contributed by atoms with Gasteiger partial charge < -0.3 is 5.11 Å². The van der Waals surface area contributed by atoms with Crippen LogP contribution in [0.25, 0.3) is 16.7 Å². The molecule has 4 aromatic rings. The molecule has 0 saturated heterocycles. The van der Waals surface area contributed by atoms with Crippen LogP contribution in [0.5, 0.6) is 0 Å². The Morgan fingerprint density at radius 1 is 1.00 bits per heavy atom. The fourth-order valence-electron chi connectivity index (χ4n) is 2.83. The minimum atomic E-state index is -0.991. The van der Waals surface area contributed by atoms with Gasteiger partial charge in [0.15, 0.2) is 5.65 Å². The molecule has 1 atom stereocenters. The highest BCUT2D eigenvalue weighted by atomic mass is 19.1. The average molecular weight is 368 g/mol. The number of aromatic nitrogens is 4. The Hall–Kier alpha value is -3.39. The summed E-state index contributed by atoms with van der Waals surface area (Å²) in [7, 11) is 0. The second kappa shape index (κ2) is 6.73. The summed E-state index contributed by atoms with van der Waals surface area (Å²) in [5.74, 6) is -0.778. The summed E-state index contributed by atoms with van der Waals surface area (Å²) in [6, 6.07) is 11.1. The van der Waals surface area contributed by atoms with Gasteiger partial charge in [-0.05, 0) is 42.0 Å². The lowest BCUT2D eigenvalue weighted by atomic mass is 10.1. The van der Waals surface area contributed by atoms with Gasteiger partial charge in [0.25, 0.3) is 5.56 Å². The molecule has 0 radical (unpaired) electrons. The van der Waals surface area contributed by atoms with Crippen LogP contribution in [0.2, 0.25) is 0 Å². The maximum atomic E-state index is 13.1. The van der Waals surface area contributed by atoms with Crippen molar-refractivity contribution < 1.29 is 13.9 Å². The first-order chi connectivity index (χ1) is 13.0. The summed E-state index contributed by atoms with van der Waals surface area (Å²) in [5, 5.41) is 14.7. The number of aliphatic hydroxyl groups is 1. The van der Waals surface area contributed by atoms with E-state index in [1.165, 1.54) is 70.3 Å². The Labute approximate surface area is 152 Å². The highest BCUT2D eigenvalue weighted by molar-refractivity contribution is 5.74. The van der Waals surface area contributed by atoms with E-state index < -0.39 is 11.9 Å². The number of benzene rings is 2. The molecule has 136 valence electrons. The van der Waals surface area contributed by atoms with E-state index in [0.717, 1.165) is 0 Å². The van der Waals surface area contributed by atoms with Gasteiger partial charge >= 0.3 is 0 Å². The summed E-state index contributed by atoms with van der Waals surface area (Å²) < 4.78 is 28.8. The van der Waals surface area contributed by atoms with Crippen LogP contribution in [-0.2, 0) is 6.54 Å². The molecule has 2 aromatic heterocycles. The largest absolute Gasteiger partial charge is 0.387 e. The molecular formula is C19H14F2N4O2. The van der Waals surface area contributed by atoms with Crippen molar-refractivity contribution in [2.45, 2.75) is 12.6 Å². The molecule has 0 aliphatic heterocycles. The molecule has 0 spiro atoms. The van der Waals surface area contributed by atoms with Crippen LogP contribution in [0.3, 0.4) is 0 Å². The molecule has 0 saturated carbocycles. The molecule has 0 aliphatic carbocycles. The number of rotatable bonds is 4. The van der Waals surface area contributed by atoms with E-state index >= 15 is 0 Å². The second-order valence-corrected chi connectivity index (χ2v) is 6.04. The Kier molecular flexibility index (Phi) is 4.25. The molecule has 0 aliphatic rings. The average Bonchev–Trinajstić information content (AvgIpc) is 3.10. The molecule has 0 amide bonds. The van der Waals surface area contributed by atoms with Crippen molar-refractivity contribution in [1.29, 1.82) is 0 Å². The lowest BCUT2D eigenvalue weighted by molar-refractivity contribution is 0.155. The monoisotopic (exact) mass is 368 g/mol. The Bertz CT molecular complexity index is 1150. The van der Waals surface area contributed by atoms with Crippen molar-refractivity contribution in [3.8, 4) is 5.69 Å². The van der Waals surface area contributed by atoms with Crippen LogP contribution in [0.15, 0.2) is 65.8 Å².